The maximum Gasteiger partial charge on any atom is 0.164 e. The standard InChI is InChI=1S/C9H14N4/c1-3-4-5-6-10-7-9-11-8-13(2)12-9/h1,8,10H,4-7H2,2H3. The van der Waals surface area contributed by atoms with Gasteiger partial charge >= 0.3 is 0 Å². The lowest BCUT2D eigenvalue weighted by atomic mass is 10.3. The van der Waals surface area contributed by atoms with Gasteiger partial charge in [-0.3, -0.25) is 4.68 Å². The predicted molar refractivity (Wildman–Crippen MR) is 50.8 cm³/mol. The van der Waals surface area contributed by atoms with E-state index >= 15 is 0 Å². The van der Waals surface area contributed by atoms with Crippen LogP contribution in [0, 0.1) is 12.3 Å². The smallest absolute Gasteiger partial charge is 0.164 e. The first-order valence-electron chi connectivity index (χ1n) is 4.31. The fourth-order valence-electron chi connectivity index (χ4n) is 0.981. The number of nitrogens with one attached hydrogen (secondary N) is 1. The molecule has 0 unspecified atom stereocenters. The van der Waals surface area contributed by atoms with Gasteiger partial charge in [-0.15, -0.1) is 12.3 Å². The fraction of sp³-hybridized carbons (Fsp3) is 0.556. The highest BCUT2D eigenvalue weighted by atomic mass is 15.3. The second-order valence-corrected chi connectivity index (χ2v) is 2.82. The number of terminal acetylenes is 1. The molecule has 0 bridgehead atoms. The first kappa shape index (κ1) is 9.75. The SMILES string of the molecule is C#CCCCNCc1ncn(C)n1. The molecule has 0 aliphatic rings. The Balaban J connectivity index is 2.10. The Hall–Kier alpha value is -1.34. The van der Waals surface area contributed by atoms with E-state index in [1.54, 1.807) is 11.0 Å². The molecule has 13 heavy (non-hydrogen) atoms. The van der Waals surface area contributed by atoms with E-state index in [9.17, 15) is 0 Å². The average molecular weight is 178 g/mol. The summed E-state index contributed by atoms with van der Waals surface area (Å²) in [4.78, 5) is 4.08. The van der Waals surface area contributed by atoms with Crippen LogP contribution in [0.3, 0.4) is 0 Å². The molecule has 0 aliphatic carbocycles. The molecule has 4 nitrogen and oxygen atoms in total. The lowest BCUT2D eigenvalue weighted by Gasteiger charge is -1.98. The van der Waals surface area contributed by atoms with E-state index in [0.29, 0.717) is 6.54 Å². The van der Waals surface area contributed by atoms with Crippen LogP contribution in [0.1, 0.15) is 18.7 Å². The molecule has 0 aliphatic heterocycles. The van der Waals surface area contributed by atoms with Crippen LogP contribution in [0.2, 0.25) is 0 Å². The van der Waals surface area contributed by atoms with Crippen molar-refractivity contribution in [3.63, 3.8) is 0 Å². The van der Waals surface area contributed by atoms with Gasteiger partial charge in [0.15, 0.2) is 5.82 Å². The second-order valence-electron chi connectivity index (χ2n) is 2.82. The van der Waals surface area contributed by atoms with E-state index in [1.807, 2.05) is 7.05 Å². The minimum atomic E-state index is 0.714. The van der Waals surface area contributed by atoms with Crippen molar-refractivity contribution in [2.24, 2.45) is 7.05 Å². The van der Waals surface area contributed by atoms with Crippen molar-refractivity contribution in [1.82, 2.24) is 20.1 Å². The molecule has 0 saturated carbocycles. The van der Waals surface area contributed by atoms with Crippen molar-refractivity contribution in [1.29, 1.82) is 0 Å². The molecule has 0 amide bonds. The monoisotopic (exact) mass is 178 g/mol. The van der Waals surface area contributed by atoms with Crippen LogP contribution in [0.4, 0.5) is 0 Å². The van der Waals surface area contributed by atoms with Gasteiger partial charge in [0.1, 0.15) is 6.33 Å². The van der Waals surface area contributed by atoms with E-state index in [4.69, 9.17) is 6.42 Å². The van der Waals surface area contributed by atoms with E-state index in [-0.39, 0.29) is 0 Å². The quantitative estimate of drug-likeness (QED) is 0.521. The van der Waals surface area contributed by atoms with Gasteiger partial charge in [0.2, 0.25) is 0 Å². The number of aryl methyl sites for hydroxylation is 1. The molecule has 0 atom stereocenters. The number of aromatic nitrogens is 3. The topological polar surface area (TPSA) is 42.7 Å². The highest BCUT2D eigenvalue weighted by molar-refractivity contribution is 4.84. The fourth-order valence-corrected chi connectivity index (χ4v) is 0.981. The minimum absolute atomic E-state index is 0.714. The Bertz CT molecular complexity index is 284. The number of hydrogen-bond donors (Lipinski definition) is 1. The molecular formula is C9H14N4. The van der Waals surface area contributed by atoms with Gasteiger partial charge in [-0.1, -0.05) is 0 Å². The summed E-state index contributed by atoms with van der Waals surface area (Å²) >= 11 is 0. The van der Waals surface area contributed by atoms with Crippen LogP contribution in [0.25, 0.3) is 0 Å². The Morgan fingerprint density at radius 1 is 1.69 bits per heavy atom. The molecule has 1 aromatic heterocycles. The van der Waals surface area contributed by atoms with Crippen LogP contribution in [0.15, 0.2) is 6.33 Å². The maximum absolute atomic E-state index is 5.12. The van der Waals surface area contributed by atoms with Crippen molar-refractivity contribution in [3.8, 4) is 12.3 Å². The van der Waals surface area contributed by atoms with Crippen LogP contribution >= 0.6 is 0 Å². The Labute approximate surface area is 78.4 Å². The summed E-state index contributed by atoms with van der Waals surface area (Å²) in [5, 5.41) is 7.35. The molecule has 0 radical (unpaired) electrons. The summed E-state index contributed by atoms with van der Waals surface area (Å²) in [5.74, 6) is 3.42. The lowest BCUT2D eigenvalue weighted by molar-refractivity contribution is 0.629. The molecule has 0 saturated heterocycles. The lowest BCUT2D eigenvalue weighted by Crippen LogP contribution is -2.15. The Morgan fingerprint density at radius 2 is 2.54 bits per heavy atom. The van der Waals surface area contributed by atoms with E-state index in [0.717, 1.165) is 25.2 Å². The molecule has 70 valence electrons. The van der Waals surface area contributed by atoms with Crippen molar-refractivity contribution in [2.45, 2.75) is 19.4 Å². The van der Waals surface area contributed by atoms with Gasteiger partial charge in [-0.05, 0) is 13.0 Å². The third-order valence-electron chi connectivity index (χ3n) is 1.60. The van der Waals surface area contributed by atoms with Crippen molar-refractivity contribution >= 4 is 0 Å². The number of rotatable bonds is 5. The van der Waals surface area contributed by atoms with Crippen LogP contribution in [-0.2, 0) is 13.6 Å². The number of unbranched alkanes of at least 4 members (excludes halogenated alkanes) is 1. The third-order valence-corrected chi connectivity index (χ3v) is 1.60. The van der Waals surface area contributed by atoms with Gasteiger partial charge < -0.3 is 5.32 Å². The second kappa shape index (κ2) is 5.33. The molecule has 4 heteroatoms. The van der Waals surface area contributed by atoms with E-state index in [2.05, 4.69) is 21.3 Å². The van der Waals surface area contributed by atoms with E-state index < -0.39 is 0 Å². The summed E-state index contributed by atoms with van der Waals surface area (Å²) in [6, 6.07) is 0. The van der Waals surface area contributed by atoms with Gasteiger partial charge in [-0.25, -0.2) is 4.98 Å². The molecule has 1 heterocycles. The first-order valence-corrected chi connectivity index (χ1v) is 4.31. The molecular weight excluding hydrogens is 164 g/mol. The highest BCUT2D eigenvalue weighted by Crippen LogP contribution is 1.88. The summed E-state index contributed by atoms with van der Waals surface area (Å²) in [5.41, 5.74) is 0. The Morgan fingerprint density at radius 3 is 3.15 bits per heavy atom. The zero-order valence-corrected chi connectivity index (χ0v) is 7.82. The molecule has 1 N–H and O–H groups in total. The largest absolute Gasteiger partial charge is 0.310 e. The van der Waals surface area contributed by atoms with Crippen LogP contribution in [-0.4, -0.2) is 21.3 Å². The number of hydrogen-bond acceptors (Lipinski definition) is 3. The zero-order valence-electron chi connectivity index (χ0n) is 7.82. The minimum Gasteiger partial charge on any atom is -0.310 e. The molecule has 0 spiro atoms. The molecule has 1 aromatic rings. The molecule has 0 fully saturated rings. The third kappa shape index (κ3) is 3.72. The highest BCUT2D eigenvalue weighted by Gasteiger charge is 1.96. The maximum atomic E-state index is 5.12. The summed E-state index contributed by atoms with van der Waals surface area (Å²) in [6.45, 7) is 1.63. The number of nitrogens with zero attached hydrogens (tertiary/aromatic N) is 3. The average Bonchev–Trinajstić information content (AvgIpc) is 2.51. The van der Waals surface area contributed by atoms with Crippen LogP contribution < -0.4 is 5.32 Å². The summed E-state index contributed by atoms with van der Waals surface area (Å²) in [7, 11) is 1.86. The van der Waals surface area contributed by atoms with Crippen molar-refractivity contribution in [3.05, 3.63) is 12.2 Å². The van der Waals surface area contributed by atoms with Crippen molar-refractivity contribution < 1.29 is 0 Å². The predicted octanol–water partition coefficient (Wildman–Crippen LogP) is 0.318. The van der Waals surface area contributed by atoms with Gasteiger partial charge in [0, 0.05) is 13.5 Å². The van der Waals surface area contributed by atoms with Crippen molar-refractivity contribution in [2.75, 3.05) is 6.54 Å². The van der Waals surface area contributed by atoms with Gasteiger partial charge in [0.05, 0.1) is 6.54 Å². The first-order chi connectivity index (χ1) is 6.33. The van der Waals surface area contributed by atoms with Gasteiger partial charge in [-0.2, -0.15) is 5.10 Å². The summed E-state index contributed by atoms with van der Waals surface area (Å²) < 4.78 is 1.69. The van der Waals surface area contributed by atoms with E-state index in [1.165, 1.54) is 0 Å². The molecule has 0 aromatic carbocycles. The van der Waals surface area contributed by atoms with Crippen LogP contribution in [0.5, 0.6) is 0 Å². The summed E-state index contributed by atoms with van der Waals surface area (Å²) in [6.07, 6.45) is 8.64. The normalized spacial score (nSPS) is 9.85. The molecule has 1 rings (SSSR count). The zero-order chi connectivity index (χ0) is 9.52. The Kier molecular flexibility index (Phi) is 4.00. The van der Waals surface area contributed by atoms with Gasteiger partial charge in [0.25, 0.3) is 0 Å².